The molecule has 0 unspecified atom stereocenters. The molecule has 0 atom stereocenters. The second-order valence-electron chi connectivity index (χ2n) is 3.56. The molecular formula is C11H12N2O3S. The van der Waals surface area contributed by atoms with Crippen molar-refractivity contribution in [2.24, 2.45) is 5.14 Å². The molecule has 0 aliphatic carbocycles. The van der Waals surface area contributed by atoms with Gasteiger partial charge in [0.2, 0.25) is 10.0 Å². The van der Waals surface area contributed by atoms with E-state index >= 15 is 0 Å². The number of carbonyl (C=O) groups excluding carboxylic acids is 1. The van der Waals surface area contributed by atoms with Crippen molar-refractivity contribution in [2.75, 3.05) is 5.32 Å². The lowest BCUT2D eigenvalue weighted by molar-refractivity contribution is -0.111. The standard InChI is InChI=1S/C11H12N2O3S/c1-4-11(14)13-10-6-9(17(12,15)16)5-7(2)8(10)3/h1,5-6H,2-3H3,(H,13,14)(H2,12,15,16). The number of sulfonamides is 1. The van der Waals surface area contributed by atoms with Gasteiger partial charge in [-0.15, -0.1) is 6.42 Å². The molecule has 0 spiro atoms. The van der Waals surface area contributed by atoms with E-state index in [2.05, 4.69) is 5.32 Å². The number of anilines is 1. The molecule has 0 saturated carbocycles. The summed E-state index contributed by atoms with van der Waals surface area (Å²) in [5.74, 6) is 1.25. The molecule has 0 radical (unpaired) electrons. The minimum Gasteiger partial charge on any atom is -0.315 e. The topological polar surface area (TPSA) is 89.3 Å². The minimum absolute atomic E-state index is 0.0621. The van der Waals surface area contributed by atoms with Crippen molar-refractivity contribution in [3.05, 3.63) is 23.3 Å². The van der Waals surface area contributed by atoms with Crippen molar-refractivity contribution in [3.8, 4) is 12.3 Å². The van der Waals surface area contributed by atoms with Gasteiger partial charge in [0.1, 0.15) is 0 Å². The zero-order chi connectivity index (χ0) is 13.2. The lowest BCUT2D eigenvalue weighted by Gasteiger charge is -2.10. The van der Waals surface area contributed by atoms with Crippen LogP contribution in [0.4, 0.5) is 5.69 Å². The Hall–Kier alpha value is -1.84. The van der Waals surface area contributed by atoms with Crippen LogP contribution in [0.15, 0.2) is 17.0 Å². The van der Waals surface area contributed by atoms with E-state index in [1.807, 2.05) is 5.92 Å². The third-order valence-electron chi connectivity index (χ3n) is 2.35. The fourth-order valence-corrected chi connectivity index (χ4v) is 1.90. The van der Waals surface area contributed by atoms with Gasteiger partial charge in [-0.3, -0.25) is 4.79 Å². The number of nitrogens with one attached hydrogen (secondary N) is 1. The first-order valence-electron chi connectivity index (χ1n) is 4.67. The number of terminal acetylenes is 1. The summed E-state index contributed by atoms with van der Waals surface area (Å²) < 4.78 is 22.5. The van der Waals surface area contributed by atoms with Crippen LogP contribution in [-0.4, -0.2) is 14.3 Å². The summed E-state index contributed by atoms with van der Waals surface area (Å²) in [5.41, 5.74) is 1.78. The van der Waals surface area contributed by atoms with Gasteiger partial charge in [0.15, 0.2) is 0 Å². The number of aryl methyl sites for hydroxylation is 1. The van der Waals surface area contributed by atoms with Crippen molar-refractivity contribution in [1.82, 2.24) is 0 Å². The largest absolute Gasteiger partial charge is 0.315 e. The second-order valence-corrected chi connectivity index (χ2v) is 5.12. The number of nitrogens with two attached hydrogens (primary N) is 1. The average molecular weight is 252 g/mol. The van der Waals surface area contributed by atoms with Gasteiger partial charge in [0.25, 0.3) is 5.91 Å². The van der Waals surface area contributed by atoms with E-state index in [0.29, 0.717) is 11.3 Å². The summed E-state index contributed by atoms with van der Waals surface area (Å²) in [5, 5.41) is 7.45. The predicted molar refractivity (Wildman–Crippen MR) is 64.8 cm³/mol. The van der Waals surface area contributed by atoms with Crippen LogP contribution in [-0.2, 0) is 14.8 Å². The van der Waals surface area contributed by atoms with Crippen LogP contribution in [0.2, 0.25) is 0 Å². The zero-order valence-electron chi connectivity index (χ0n) is 9.44. The highest BCUT2D eigenvalue weighted by Gasteiger charge is 2.13. The van der Waals surface area contributed by atoms with E-state index in [1.54, 1.807) is 13.8 Å². The van der Waals surface area contributed by atoms with Crippen molar-refractivity contribution < 1.29 is 13.2 Å². The molecule has 3 N–H and O–H groups in total. The van der Waals surface area contributed by atoms with Crippen LogP contribution < -0.4 is 10.5 Å². The first-order chi connectivity index (χ1) is 7.75. The summed E-state index contributed by atoms with van der Waals surface area (Å²) in [7, 11) is -3.81. The molecule has 0 aliphatic heterocycles. The van der Waals surface area contributed by atoms with Gasteiger partial charge in [0, 0.05) is 5.69 Å². The van der Waals surface area contributed by atoms with E-state index in [9.17, 15) is 13.2 Å². The van der Waals surface area contributed by atoms with Crippen LogP contribution in [0.25, 0.3) is 0 Å². The van der Waals surface area contributed by atoms with Crippen molar-refractivity contribution in [3.63, 3.8) is 0 Å². The van der Waals surface area contributed by atoms with Crippen LogP contribution in [0.5, 0.6) is 0 Å². The van der Waals surface area contributed by atoms with Gasteiger partial charge < -0.3 is 5.32 Å². The van der Waals surface area contributed by atoms with Crippen LogP contribution in [0.1, 0.15) is 11.1 Å². The monoisotopic (exact) mass is 252 g/mol. The molecule has 0 heterocycles. The van der Waals surface area contributed by atoms with E-state index < -0.39 is 15.9 Å². The summed E-state index contributed by atoms with van der Waals surface area (Å²) in [6, 6.07) is 2.73. The highest BCUT2D eigenvalue weighted by Crippen LogP contribution is 2.23. The Balaban J connectivity index is 3.36. The van der Waals surface area contributed by atoms with Gasteiger partial charge in [-0.25, -0.2) is 13.6 Å². The maximum Gasteiger partial charge on any atom is 0.300 e. The van der Waals surface area contributed by atoms with Gasteiger partial charge in [-0.1, -0.05) is 0 Å². The number of rotatable bonds is 2. The molecule has 90 valence electrons. The van der Waals surface area contributed by atoms with Crippen LogP contribution >= 0.6 is 0 Å². The van der Waals surface area contributed by atoms with E-state index in [1.165, 1.54) is 12.1 Å². The fourth-order valence-electron chi connectivity index (χ4n) is 1.28. The molecule has 1 amide bonds. The Kier molecular flexibility index (Phi) is 3.56. The number of amides is 1. The highest BCUT2D eigenvalue weighted by atomic mass is 32.2. The Morgan fingerprint density at radius 3 is 2.47 bits per heavy atom. The molecule has 0 aromatic heterocycles. The lowest BCUT2D eigenvalue weighted by Crippen LogP contribution is -2.15. The molecule has 0 bridgehead atoms. The predicted octanol–water partition coefficient (Wildman–Crippen LogP) is 0.523. The van der Waals surface area contributed by atoms with Crippen molar-refractivity contribution in [1.29, 1.82) is 0 Å². The molecule has 6 heteroatoms. The summed E-state index contributed by atoms with van der Waals surface area (Å²) in [4.78, 5) is 11.0. The Labute approximate surface area is 100 Å². The lowest BCUT2D eigenvalue weighted by atomic mass is 10.1. The number of hydrogen-bond donors (Lipinski definition) is 2. The maximum atomic E-state index is 11.2. The normalized spacial score (nSPS) is 10.7. The minimum atomic E-state index is -3.81. The smallest absolute Gasteiger partial charge is 0.300 e. The molecular weight excluding hydrogens is 240 g/mol. The van der Waals surface area contributed by atoms with Crippen LogP contribution in [0.3, 0.4) is 0 Å². The molecule has 5 nitrogen and oxygen atoms in total. The average Bonchev–Trinajstić information content (AvgIpc) is 2.22. The first-order valence-corrected chi connectivity index (χ1v) is 6.22. The van der Waals surface area contributed by atoms with Gasteiger partial charge >= 0.3 is 0 Å². The quantitative estimate of drug-likeness (QED) is 0.752. The number of hydrogen-bond acceptors (Lipinski definition) is 3. The van der Waals surface area contributed by atoms with Crippen molar-refractivity contribution >= 4 is 21.6 Å². The second kappa shape index (κ2) is 4.57. The molecule has 17 heavy (non-hydrogen) atoms. The van der Waals surface area contributed by atoms with Crippen molar-refractivity contribution in [2.45, 2.75) is 18.7 Å². The van der Waals surface area contributed by atoms with E-state index in [-0.39, 0.29) is 4.90 Å². The molecule has 0 saturated heterocycles. The van der Waals surface area contributed by atoms with E-state index in [4.69, 9.17) is 11.6 Å². The SMILES string of the molecule is C#CC(=O)Nc1cc(S(N)(=O)=O)cc(C)c1C. The van der Waals surface area contributed by atoms with Gasteiger partial charge in [0.05, 0.1) is 4.90 Å². The Bertz CT molecular complexity index is 612. The highest BCUT2D eigenvalue weighted by molar-refractivity contribution is 7.89. The van der Waals surface area contributed by atoms with Gasteiger partial charge in [-0.05, 0) is 43.0 Å². The fraction of sp³-hybridized carbons (Fsp3) is 0.182. The molecule has 1 aromatic rings. The molecule has 0 aliphatic rings. The zero-order valence-corrected chi connectivity index (χ0v) is 10.3. The Morgan fingerprint density at radius 1 is 1.41 bits per heavy atom. The summed E-state index contributed by atoms with van der Waals surface area (Å²) >= 11 is 0. The first kappa shape index (κ1) is 13.2. The van der Waals surface area contributed by atoms with E-state index in [0.717, 1.165) is 5.56 Å². The third-order valence-corrected chi connectivity index (χ3v) is 3.24. The number of carbonyl (C=O) groups is 1. The molecule has 0 fully saturated rings. The summed E-state index contributed by atoms with van der Waals surface area (Å²) in [6.45, 7) is 3.46. The maximum absolute atomic E-state index is 11.2. The molecule has 1 aromatic carbocycles. The van der Waals surface area contributed by atoms with Crippen LogP contribution in [0, 0.1) is 26.2 Å². The van der Waals surface area contributed by atoms with Gasteiger partial charge in [-0.2, -0.15) is 0 Å². The number of primary sulfonamides is 1. The number of benzene rings is 1. The molecule has 1 rings (SSSR count). The summed E-state index contributed by atoms with van der Waals surface area (Å²) in [6.07, 6.45) is 4.93. The Morgan fingerprint density at radius 2 is 2.00 bits per heavy atom. The third kappa shape index (κ3) is 3.06.